The van der Waals surface area contributed by atoms with Crippen molar-refractivity contribution in [1.29, 1.82) is 0 Å². The molecule has 0 aliphatic rings. The summed E-state index contributed by atoms with van der Waals surface area (Å²) >= 11 is 0. The van der Waals surface area contributed by atoms with Crippen molar-refractivity contribution in [3.05, 3.63) is 23.8 Å². The molecule has 2 amide bonds. The number of anilines is 1. The molecule has 4 nitrogen and oxygen atoms in total. The molecule has 0 radical (unpaired) electrons. The second kappa shape index (κ2) is 5.24. The van der Waals surface area contributed by atoms with Crippen molar-refractivity contribution in [2.24, 2.45) is 0 Å². The molecular weight excluding hydrogens is 192 g/mol. The van der Waals surface area contributed by atoms with Gasteiger partial charge in [0.05, 0.1) is 0 Å². The van der Waals surface area contributed by atoms with Crippen molar-refractivity contribution >= 4 is 11.7 Å². The molecule has 4 heteroatoms. The molecule has 3 N–H and O–H groups in total. The van der Waals surface area contributed by atoms with Gasteiger partial charge in [0, 0.05) is 12.2 Å². The largest absolute Gasteiger partial charge is 0.508 e. The smallest absolute Gasteiger partial charge is 0.319 e. The second-order valence-corrected chi connectivity index (χ2v) is 3.38. The average molecular weight is 208 g/mol. The van der Waals surface area contributed by atoms with Crippen molar-refractivity contribution in [3.63, 3.8) is 0 Å². The number of phenols is 1. The predicted molar refractivity (Wildman–Crippen MR) is 60.2 cm³/mol. The maximum Gasteiger partial charge on any atom is 0.319 e. The standard InChI is InChI=1S/C11H16N2O2/c1-3-6-12-11(15)13-9-4-5-10(14)8(2)7-9/h4-5,7,14H,3,6H2,1-2H3,(H2,12,13,15). The van der Waals surface area contributed by atoms with Crippen LogP contribution in [0.3, 0.4) is 0 Å². The van der Waals surface area contributed by atoms with Crippen LogP contribution < -0.4 is 10.6 Å². The van der Waals surface area contributed by atoms with Gasteiger partial charge in [-0.15, -0.1) is 0 Å². The molecule has 0 spiro atoms. The zero-order chi connectivity index (χ0) is 11.3. The molecule has 0 saturated heterocycles. The third-order valence-electron chi connectivity index (χ3n) is 1.99. The van der Waals surface area contributed by atoms with Gasteiger partial charge in [0.2, 0.25) is 0 Å². The number of carbonyl (C=O) groups excluding carboxylic acids is 1. The van der Waals surface area contributed by atoms with E-state index in [1.807, 2.05) is 6.92 Å². The molecule has 0 fully saturated rings. The fraction of sp³-hybridized carbons (Fsp3) is 0.364. The third-order valence-corrected chi connectivity index (χ3v) is 1.99. The molecule has 1 aromatic carbocycles. The molecule has 1 rings (SSSR count). The Kier molecular flexibility index (Phi) is 3.97. The first-order chi connectivity index (χ1) is 7.13. The SMILES string of the molecule is CCCNC(=O)Nc1ccc(O)c(C)c1. The van der Waals surface area contributed by atoms with Gasteiger partial charge in [-0.1, -0.05) is 6.92 Å². The van der Waals surface area contributed by atoms with Crippen LogP contribution in [0.2, 0.25) is 0 Å². The lowest BCUT2D eigenvalue weighted by Gasteiger charge is -2.07. The number of amides is 2. The minimum absolute atomic E-state index is 0.220. The van der Waals surface area contributed by atoms with E-state index >= 15 is 0 Å². The van der Waals surface area contributed by atoms with Crippen LogP contribution in [0, 0.1) is 6.92 Å². The number of hydrogen-bond donors (Lipinski definition) is 3. The van der Waals surface area contributed by atoms with E-state index in [1.54, 1.807) is 25.1 Å². The number of carbonyl (C=O) groups is 1. The Morgan fingerprint density at radius 3 is 2.80 bits per heavy atom. The first kappa shape index (κ1) is 11.4. The van der Waals surface area contributed by atoms with Crippen molar-refractivity contribution in [2.75, 3.05) is 11.9 Å². The van der Waals surface area contributed by atoms with E-state index in [0.29, 0.717) is 12.2 Å². The van der Waals surface area contributed by atoms with Crippen LogP contribution >= 0.6 is 0 Å². The number of aryl methyl sites for hydroxylation is 1. The van der Waals surface area contributed by atoms with Crippen LogP contribution in [-0.2, 0) is 0 Å². The number of aromatic hydroxyl groups is 1. The van der Waals surface area contributed by atoms with Crippen LogP contribution in [-0.4, -0.2) is 17.7 Å². The molecule has 1 aromatic rings. The van der Waals surface area contributed by atoms with E-state index in [-0.39, 0.29) is 11.8 Å². The minimum atomic E-state index is -0.220. The second-order valence-electron chi connectivity index (χ2n) is 3.38. The van der Waals surface area contributed by atoms with Gasteiger partial charge >= 0.3 is 6.03 Å². The molecule has 0 aliphatic heterocycles. The normalized spacial score (nSPS) is 9.73. The molecule has 0 saturated carbocycles. The van der Waals surface area contributed by atoms with E-state index in [1.165, 1.54) is 0 Å². The van der Waals surface area contributed by atoms with Crippen molar-refractivity contribution < 1.29 is 9.90 Å². The lowest BCUT2D eigenvalue weighted by molar-refractivity contribution is 0.252. The van der Waals surface area contributed by atoms with Gasteiger partial charge in [0.15, 0.2) is 0 Å². The van der Waals surface area contributed by atoms with Crippen LogP contribution in [0.5, 0.6) is 5.75 Å². The molecule has 0 aliphatic carbocycles. The van der Waals surface area contributed by atoms with E-state index in [0.717, 1.165) is 12.0 Å². The highest BCUT2D eigenvalue weighted by Gasteiger charge is 2.02. The first-order valence-corrected chi connectivity index (χ1v) is 4.98. The van der Waals surface area contributed by atoms with E-state index < -0.39 is 0 Å². The maximum absolute atomic E-state index is 11.3. The highest BCUT2D eigenvalue weighted by Crippen LogP contribution is 2.19. The van der Waals surface area contributed by atoms with E-state index in [2.05, 4.69) is 10.6 Å². The van der Waals surface area contributed by atoms with Crippen molar-refractivity contribution in [2.45, 2.75) is 20.3 Å². The van der Waals surface area contributed by atoms with Gasteiger partial charge < -0.3 is 15.7 Å². The van der Waals surface area contributed by atoms with Gasteiger partial charge in [0.25, 0.3) is 0 Å². The molecule has 0 heterocycles. The van der Waals surface area contributed by atoms with Gasteiger partial charge in [-0.3, -0.25) is 0 Å². The summed E-state index contributed by atoms with van der Waals surface area (Å²) in [7, 11) is 0. The van der Waals surface area contributed by atoms with E-state index in [9.17, 15) is 9.90 Å². The fourth-order valence-electron chi connectivity index (χ4n) is 1.15. The van der Waals surface area contributed by atoms with Crippen molar-refractivity contribution in [3.8, 4) is 5.75 Å². The summed E-state index contributed by atoms with van der Waals surface area (Å²) < 4.78 is 0. The van der Waals surface area contributed by atoms with Crippen LogP contribution in [0.1, 0.15) is 18.9 Å². The number of benzene rings is 1. The highest BCUT2D eigenvalue weighted by molar-refractivity contribution is 5.89. The number of phenolic OH excluding ortho intramolecular Hbond substituents is 1. The lowest BCUT2D eigenvalue weighted by Crippen LogP contribution is -2.29. The van der Waals surface area contributed by atoms with Crippen LogP contribution in [0.25, 0.3) is 0 Å². The molecule has 0 bridgehead atoms. The topological polar surface area (TPSA) is 61.4 Å². The van der Waals surface area contributed by atoms with Crippen molar-refractivity contribution in [1.82, 2.24) is 5.32 Å². The summed E-state index contributed by atoms with van der Waals surface area (Å²) in [4.78, 5) is 11.3. The maximum atomic E-state index is 11.3. The summed E-state index contributed by atoms with van der Waals surface area (Å²) in [6, 6.07) is 4.72. The number of rotatable bonds is 3. The quantitative estimate of drug-likeness (QED) is 0.667. The Morgan fingerprint density at radius 1 is 1.47 bits per heavy atom. The summed E-state index contributed by atoms with van der Waals surface area (Å²) in [6.07, 6.45) is 0.905. The Bertz CT molecular complexity index is 350. The predicted octanol–water partition coefficient (Wildman–Crippen LogP) is 2.23. The number of urea groups is 1. The summed E-state index contributed by atoms with van der Waals surface area (Å²) in [5.41, 5.74) is 1.42. The molecule has 0 unspecified atom stereocenters. The summed E-state index contributed by atoms with van der Waals surface area (Å²) in [6.45, 7) is 4.43. The average Bonchev–Trinajstić information content (AvgIpc) is 2.20. The Balaban J connectivity index is 2.57. The summed E-state index contributed by atoms with van der Waals surface area (Å²) in [5, 5.41) is 14.7. The zero-order valence-electron chi connectivity index (χ0n) is 9.00. The van der Waals surface area contributed by atoms with Gasteiger partial charge in [-0.2, -0.15) is 0 Å². The van der Waals surface area contributed by atoms with Crippen LogP contribution in [0.15, 0.2) is 18.2 Å². The third kappa shape index (κ3) is 3.50. The Hall–Kier alpha value is -1.71. The fourth-order valence-corrected chi connectivity index (χ4v) is 1.15. The highest BCUT2D eigenvalue weighted by atomic mass is 16.3. The summed E-state index contributed by atoms with van der Waals surface area (Å²) in [5.74, 6) is 0.231. The number of nitrogens with one attached hydrogen (secondary N) is 2. The zero-order valence-corrected chi connectivity index (χ0v) is 9.00. The van der Waals surface area contributed by atoms with E-state index in [4.69, 9.17) is 0 Å². The Labute approximate surface area is 89.3 Å². The lowest BCUT2D eigenvalue weighted by atomic mass is 10.2. The molecule has 0 aromatic heterocycles. The van der Waals surface area contributed by atoms with Gasteiger partial charge in [-0.05, 0) is 37.1 Å². The minimum Gasteiger partial charge on any atom is -0.508 e. The monoisotopic (exact) mass is 208 g/mol. The first-order valence-electron chi connectivity index (χ1n) is 4.98. The van der Waals surface area contributed by atoms with Gasteiger partial charge in [0.1, 0.15) is 5.75 Å². The van der Waals surface area contributed by atoms with Gasteiger partial charge in [-0.25, -0.2) is 4.79 Å². The van der Waals surface area contributed by atoms with Crippen LogP contribution in [0.4, 0.5) is 10.5 Å². The molecular formula is C11H16N2O2. The number of hydrogen-bond acceptors (Lipinski definition) is 2. The Morgan fingerprint density at radius 2 is 2.20 bits per heavy atom. The molecule has 82 valence electrons. The molecule has 15 heavy (non-hydrogen) atoms. The molecule has 0 atom stereocenters.